The summed E-state index contributed by atoms with van der Waals surface area (Å²) >= 11 is 1.42. The van der Waals surface area contributed by atoms with E-state index < -0.39 is 0 Å². The molecule has 2 aromatic rings. The van der Waals surface area contributed by atoms with Crippen molar-refractivity contribution in [1.82, 2.24) is 15.1 Å². The topological polar surface area (TPSA) is 95.5 Å². The van der Waals surface area contributed by atoms with Gasteiger partial charge < -0.3 is 15.1 Å². The number of hydrogen-bond donors (Lipinski definition) is 1. The lowest BCUT2D eigenvalue weighted by atomic mass is 9.94. The third-order valence-corrected chi connectivity index (χ3v) is 6.86. The number of carbonyl (C=O) groups is 3. The Hall–Kier alpha value is -2.81. The summed E-state index contributed by atoms with van der Waals surface area (Å²) in [5.74, 6) is -0.0499. The fourth-order valence-corrected chi connectivity index (χ4v) is 5.25. The number of hydrogen-bond acceptors (Lipinski definition) is 6. The van der Waals surface area contributed by atoms with E-state index in [2.05, 4.69) is 29.4 Å². The fraction of sp³-hybridized carbons (Fsp3) is 0.522. The van der Waals surface area contributed by atoms with Gasteiger partial charge in [0, 0.05) is 44.1 Å². The minimum atomic E-state index is -0.325. The van der Waals surface area contributed by atoms with Crippen LogP contribution in [0.2, 0.25) is 0 Å². The molecule has 8 nitrogen and oxygen atoms in total. The van der Waals surface area contributed by atoms with Gasteiger partial charge in [-0.15, -0.1) is 10.2 Å². The highest BCUT2D eigenvalue weighted by atomic mass is 32.1. The lowest BCUT2D eigenvalue weighted by Crippen LogP contribution is -2.44. The van der Waals surface area contributed by atoms with E-state index in [4.69, 9.17) is 0 Å². The van der Waals surface area contributed by atoms with Crippen molar-refractivity contribution in [3.8, 4) is 0 Å². The number of anilines is 2. The highest BCUT2D eigenvalue weighted by Gasteiger charge is 2.38. The Kier molecular flexibility index (Phi) is 6.83. The number of carbonyl (C=O) groups excluding carboxylic acids is 3. The Morgan fingerprint density at radius 2 is 1.84 bits per heavy atom. The molecule has 3 heterocycles. The zero-order valence-electron chi connectivity index (χ0n) is 18.5. The van der Waals surface area contributed by atoms with Crippen LogP contribution in [0.25, 0.3) is 0 Å². The first-order chi connectivity index (χ1) is 15.4. The highest BCUT2D eigenvalue weighted by molar-refractivity contribution is 7.15. The maximum absolute atomic E-state index is 13.0. The molecule has 4 rings (SSSR count). The molecule has 3 amide bonds. The van der Waals surface area contributed by atoms with Crippen LogP contribution >= 0.6 is 11.3 Å². The summed E-state index contributed by atoms with van der Waals surface area (Å²) in [7, 11) is 0. The molecule has 9 heteroatoms. The largest absolute Gasteiger partial charge is 0.342 e. The van der Waals surface area contributed by atoms with Gasteiger partial charge in [0.05, 0.1) is 5.92 Å². The van der Waals surface area contributed by atoms with E-state index in [-0.39, 0.29) is 36.0 Å². The molecule has 1 N–H and O–H groups in total. The molecule has 0 aliphatic carbocycles. The van der Waals surface area contributed by atoms with Crippen molar-refractivity contribution in [2.45, 2.75) is 39.5 Å². The van der Waals surface area contributed by atoms with E-state index in [0.717, 1.165) is 17.1 Å². The van der Waals surface area contributed by atoms with Gasteiger partial charge in [-0.05, 0) is 30.9 Å². The van der Waals surface area contributed by atoms with Crippen LogP contribution in [0.1, 0.15) is 38.1 Å². The minimum Gasteiger partial charge on any atom is -0.342 e. The van der Waals surface area contributed by atoms with Crippen molar-refractivity contribution in [2.75, 3.05) is 29.9 Å². The number of nitrogens with zero attached hydrogens (tertiary/aromatic N) is 4. The van der Waals surface area contributed by atoms with Gasteiger partial charge in [-0.1, -0.05) is 43.4 Å². The normalized spacial score (nSPS) is 19.6. The molecule has 1 aromatic carbocycles. The van der Waals surface area contributed by atoms with Gasteiger partial charge in [0.15, 0.2) is 0 Å². The van der Waals surface area contributed by atoms with Crippen molar-refractivity contribution in [3.63, 3.8) is 0 Å². The maximum atomic E-state index is 13.0. The van der Waals surface area contributed by atoms with E-state index in [1.54, 1.807) is 4.90 Å². The van der Waals surface area contributed by atoms with Crippen molar-refractivity contribution < 1.29 is 14.4 Å². The summed E-state index contributed by atoms with van der Waals surface area (Å²) < 4.78 is 0. The van der Waals surface area contributed by atoms with Crippen molar-refractivity contribution in [3.05, 3.63) is 35.3 Å². The Morgan fingerprint density at radius 3 is 2.53 bits per heavy atom. The predicted octanol–water partition coefficient (Wildman–Crippen LogP) is 2.97. The summed E-state index contributed by atoms with van der Waals surface area (Å²) in [5.41, 5.74) is 0.830. The van der Waals surface area contributed by atoms with Gasteiger partial charge in [0.1, 0.15) is 5.01 Å². The number of aromatic nitrogens is 2. The molecular formula is C23H29N5O3S. The molecular weight excluding hydrogens is 426 g/mol. The first-order valence-corrected chi connectivity index (χ1v) is 12.0. The summed E-state index contributed by atoms with van der Waals surface area (Å²) in [4.78, 5) is 41.6. The molecule has 2 aliphatic heterocycles. The quantitative estimate of drug-likeness (QED) is 0.723. The van der Waals surface area contributed by atoms with Crippen LogP contribution in [0.3, 0.4) is 0 Å². The van der Waals surface area contributed by atoms with E-state index >= 15 is 0 Å². The van der Waals surface area contributed by atoms with E-state index in [0.29, 0.717) is 43.5 Å². The van der Waals surface area contributed by atoms with Crippen LogP contribution in [0.4, 0.5) is 10.8 Å². The molecule has 1 unspecified atom stereocenters. The molecule has 2 aliphatic rings. The number of likely N-dealkylation sites (tertiary alicyclic amines) is 1. The average Bonchev–Trinajstić information content (AvgIpc) is 3.39. The smallest absolute Gasteiger partial charge is 0.229 e. The van der Waals surface area contributed by atoms with Gasteiger partial charge in [-0.25, -0.2) is 0 Å². The van der Waals surface area contributed by atoms with Crippen LogP contribution in [0.15, 0.2) is 30.3 Å². The van der Waals surface area contributed by atoms with Gasteiger partial charge in [0.2, 0.25) is 22.9 Å². The zero-order chi connectivity index (χ0) is 22.7. The van der Waals surface area contributed by atoms with E-state index in [9.17, 15) is 14.4 Å². The minimum absolute atomic E-state index is 0.0121. The second-order valence-electron chi connectivity index (χ2n) is 8.93. The van der Waals surface area contributed by atoms with Crippen LogP contribution in [0, 0.1) is 17.8 Å². The van der Waals surface area contributed by atoms with E-state index in [1.807, 2.05) is 35.2 Å². The second-order valence-corrected chi connectivity index (χ2v) is 9.99. The molecule has 0 bridgehead atoms. The molecule has 1 atom stereocenters. The van der Waals surface area contributed by atoms with Gasteiger partial charge in [-0.2, -0.15) is 0 Å². The molecule has 32 heavy (non-hydrogen) atoms. The lowest BCUT2D eigenvalue weighted by molar-refractivity contribution is -0.138. The first kappa shape index (κ1) is 22.4. The van der Waals surface area contributed by atoms with Crippen LogP contribution in [-0.2, 0) is 20.8 Å². The number of piperidine rings is 1. The average molecular weight is 456 g/mol. The summed E-state index contributed by atoms with van der Waals surface area (Å²) in [6.45, 7) is 5.71. The standard InChI is InChI=1S/C23H29N5O3S/c1-15(2)12-19-25-26-23(32-19)24-21(30)16-8-10-27(11-9-16)22(31)17-13-20(29)28(14-17)18-6-4-3-5-7-18/h3-7,15-17H,8-14H2,1-2H3,(H,24,26,30). The van der Waals surface area contributed by atoms with Gasteiger partial charge in [-0.3, -0.25) is 14.4 Å². The molecule has 0 spiro atoms. The zero-order valence-corrected chi connectivity index (χ0v) is 19.3. The number of benzene rings is 1. The fourth-order valence-electron chi connectivity index (χ4n) is 4.29. The van der Waals surface area contributed by atoms with Crippen LogP contribution in [-0.4, -0.2) is 52.5 Å². The molecule has 2 saturated heterocycles. The van der Waals surface area contributed by atoms with Crippen molar-refractivity contribution in [1.29, 1.82) is 0 Å². The highest BCUT2D eigenvalue weighted by Crippen LogP contribution is 2.28. The summed E-state index contributed by atoms with van der Waals surface area (Å²) in [5, 5.41) is 12.6. The Morgan fingerprint density at radius 1 is 1.12 bits per heavy atom. The number of amides is 3. The Balaban J connectivity index is 1.27. The van der Waals surface area contributed by atoms with Crippen LogP contribution < -0.4 is 10.2 Å². The van der Waals surface area contributed by atoms with Crippen molar-refractivity contribution in [2.24, 2.45) is 17.8 Å². The van der Waals surface area contributed by atoms with Gasteiger partial charge in [0.25, 0.3) is 0 Å². The molecule has 0 saturated carbocycles. The third kappa shape index (κ3) is 5.15. The monoisotopic (exact) mass is 455 g/mol. The van der Waals surface area contributed by atoms with Gasteiger partial charge >= 0.3 is 0 Å². The molecule has 2 fully saturated rings. The molecule has 1 aromatic heterocycles. The van der Waals surface area contributed by atoms with Crippen molar-refractivity contribution >= 4 is 39.9 Å². The molecule has 0 radical (unpaired) electrons. The predicted molar refractivity (Wildman–Crippen MR) is 123 cm³/mol. The number of para-hydroxylation sites is 1. The molecule has 170 valence electrons. The second kappa shape index (κ2) is 9.77. The summed E-state index contributed by atoms with van der Waals surface area (Å²) in [6, 6.07) is 9.46. The maximum Gasteiger partial charge on any atom is 0.229 e. The number of nitrogens with one attached hydrogen (secondary N) is 1. The number of rotatable bonds is 6. The summed E-state index contributed by atoms with van der Waals surface area (Å²) in [6.07, 6.45) is 2.31. The Bertz CT molecular complexity index is 969. The Labute approximate surface area is 192 Å². The van der Waals surface area contributed by atoms with E-state index in [1.165, 1.54) is 11.3 Å². The van der Waals surface area contributed by atoms with Crippen LogP contribution in [0.5, 0.6) is 0 Å². The first-order valence-electron chi connectivity index (χ1n) is 11.2. The lowest BCUT2D eigenvalue weighted by Gasteiger charge is -2.32. The third-order valence-electron chi connectivity index (χ3n) is 6.00. The SMILES string of the molecule is CC(C)Cc1nnc(NC(=O)C2CCN(C(=O)C3CC(=O)N(c4ccccc4)C3)CC2)s1.